The van der Waals surface area contributed by atoms with Crippen LogP contribution in [0.25, 0.3) is 0 Å². The highest BCUT2D eigenvalue weighted by Crippen LogP contribution is 2.52. The van der Waals surface area contributed by atoms with Gasteiger partial charge in [-0.1, -0.05) is 41.9 Å². The minimum atomic E-state index is -3.96. The van der Waals surface area contributed by atoms with Gasteiger partial charge in [-0.05, 0) is 55.3 Å². The second-order valence-corrected chi connectivity index (χ2v) is 19.9. The van der Waals surface area contributed by atoms with E-state index in [0.29, 0.717) is 11.3 Å². The van der Waals surface area contributed by atoms with E-state index in [1.165, 1.54) is 28.5 Å². The first kappa shape index (κ1) is 34.9. The average molecular weight is 735 g/mol. The summed E-state index contributed by atoms with van der Waals surface area (Å²) in [7, 11) is -7.86. The van der Waals surface area contributed by atoms with Gasteiger partial charge in [-0.2, -0.15) is 0 Å². The number of carbonyl (C=O) groups is 2. The van der Waals surface area contributed by atoms with Gasteiger partial charge < -0.3 is 20.2 Å². The number of hydrogen-bond donors (Lipinski definition) is 5. The molecule has 5 rings (SSSR count). The molecule has 2 saturated heterocycles. The lowest BCUT2D eigenvalue weighted by atomic mass is 10.1. The van der Waals surface area contributed by atoms with Gasteiger partial charge >= 0.3 is 5.97 Å². The van der Waals surface area contributed by atoms with Gasteiger partial charge in [-0.15, -0.1) is 23.5 Å². The van der Waals surface area contributed by atoms with Crippen LogP contribution in [-0.2, 0) is 30.6 Å². The molecule has 3 aliphatic heterocycles. The lowest BCUT2D eigenvalue weighted by molar-refractivity contribution is -0.147. The molecule has 2 fully saturated rings. The summed E-state index contributed by atoms with van der Waals surface area (Å²) in [6, 6.07) is 12.2. The number of carboxylic acids is 1. The Morgan fingerprint density at radius 1 is 1.16 bits per heavy atom. The molecule has 2 aromatic rings. The van der Waals surface area contributed by atoms with Gasteiger partial charge in [0.15, 0.2) is 0 Å². The second-order valence-electron chi connectivity index (χ2n) is 11.2. The molecule has 3 heterocycles. The van der Waals surface area contributed by atoms with Gasteiger partial charge in [0.25, 0.3) is 0 Å². The Morgan fingerprint density at radius 2 is 1.89 bits per heavy atom. The standard InChI is InChI=1S/C28H36ClN4O7PS4/c29-20-14-21-23(44-32-25(31-21)9-8-19-6-2-1-3-7-19)15-24(20)45(39,40)30-10-4-5-11-41(37,38)17-26(34)33-18-28(42-12-13-43-28)16-22(33)27(35)36/h1-3,6-7,14-15,22,25,30-32H,4-5,8-13,16-18H2,(H,35,36)(H,37,38). The third-order valence-corrected chi connectivity index (χ3v) is 15.9. The number of nitrogens with one attached hydrogen (secondary N) is 3. The van der Waals surface area contributed by atoms with Crippen LogP contribution in [-0.4, -0.2) is 88.4 Å². The normalized spacial score (nSPS) is 22.1. The van der Waals surface area contributed by atoms with Crippen molar-refractivity contribution in [1.29, 1.82) is 0 Å². The van der Waals surface area contributed by atoms with Crippen molar-refractivity contribution in [2.45, 2.75) is 58.2 Å². The number of aryl methyl sites for hydroxylation is 1. The summed E-state index contributed by atoms with van der Waals surface area (Å²) >= 11 is 11.0. The number of rotatable bonds is 13. The highest BCUT2D eigenvalue weighted by molar-refractivity contribution is 8.21. The molecule has 1 spiro atoms. The predicted octanol–water partition coefficient (Wildman–Crippen LogP) is 4.51. The molecule has 3 aliphatic rings. The number of nitrogens with zero attached hydrogens (tertiary/aromatic N) is 1. The summed E-state index contributed by atoms with van der Waals surface area (Å²) in [4.78, 5) is 37.1. The van der Waals surface area contributed by atoms with Crippen LogP contribution in [0.3, 0.4) is 0 Å². The molecule has 0 aliphatic carbocycles. The molecule has 11 nitrogen and oxygen atoms in total. The predicted molar refractivity (Wildman–Crippen MR) is 182 cm³/mol. The Kier molecular flexibility index (Phi) is 11.5. The Morgan fingerprint density at radius 3 is 2.60 bits per heavy atom. The third-order valence-electron chi connectivity index (χ3n) is 7.85. The van der Waals surface area contributed by atoms with Gasteiger partial charge in [0.05, 0.1) is 21.0 Å². The Bertz CT molecular complexity index is 1560. The number of likely N-dealkylation sites (tertiary alicyclic amines) is 1. The number of fused-ring (bicyclic) bond motifs is 1. The van der Waals surface area contributed by atoms with E-state index in [-0.39, 0.29) is 52.3 Å². The van der Waals surface area contributed by atoms with Crippen molar-refractivity contribution >= 4 is 82.0 Å². The van der Waals surface area contributed by atoms with E-state index in [2.05, 4.69) is 26.9 Å². The zero-order valence-electron chi connectivity index (χ0n) is 24.3. The van der Waals surface area contributed by atoms with Crippen molar-refractivity contribution < 1.29 is 32.6 Å². The maximum atomic E-state index is 13.1. The van der Waals surface area contributed by atoms with Crippen LogP contribution in [0.5, 0.6) is 0 Å². The summed E-state index contributed by atoms with van der Waals surface area (Å²) in [6.45, 7) is 0.254. The van der Waals surface area contributed by atoms with E-state index in [0.717, 1.165) is 30.0 Å². The third kappa shape index (κ3) is 8.94. The van der Waals surface area contributed by atoms with Crippen molar-refractivity contribution in [3.63, 3.8) is 0 Å². The highest BCUT2D eigenvalue weighted by Gasteiger charge is 2.51. The number of aliphatic carboxylic acids is 1. The minimum Gasteiger partial charge on any atom is -0.480 e. The molecule has 3 unspecified atom stereocenters. The molecule has 2 aromatic carbocycles. The van der Waals surface area contributed by atoms with E-state index < -0.39 is 41.5 Å². The van der Waals surface area contributed by atoms with Crippen LogP contribution in [0.1, 0.15) is 31.2 Å². The summed E-state index contributed by atoms with van der Waals surface area (Å²) in [5.41, 5.74) is 1.97. The fraction of sp³-hybridized carbons (Fsp3) is 0.500. The monoisotopic (exact) mass is 734 g/mol. The summed E-state index contributed by atoms with van der Waals surface area (Å²) in [5, 5.41) is 13.1. The van der Waals surface area contributed by atoms with Crippen LogP contribution in [0.2, 0.25) is 5.02 Å². The minimum absolute atomic E-state index is 0.0130. The van der Waals surface area contributed by atoms with Crippen LogP contribution < -0.4 is 14.8 Å². The number of carbonyl (C=O) groups excluding carboxylic acids is 1. The van der Waals surface area contributed by atoms with Crippen LogP contribution >= 0.6 is 54.4 Å². The number of amides is 1. The van der Waals surface area contributed by atoms with E-state index in [4.69, 9.17) is 11.6 Å². The van der Waals surface area contributed by atoms with Crippen LogP contribution in [0.15, 0.2) is 52.3 Å². The van der Waals surface area contributed by atoms with Crippen molar-refractivity contribution in [3.8, 4) is 0 Å². The largest absolute Gasteiger partial charge is 0.480 e. The van der Waals surface area contributed by atoms with Gasteiger partial charge in [0.2, 0.25) is 23.3 Å². The van der Waals surface area contributed by atoms with E-state index >= 15 is 0 Å². The molecule has 0 radical (unpaired) electrons. The zero-order chi connectivity index (χ0) is 32.2. The first-order valence-corrected chi connectivity index (χ1v) is 21.2. The average Bonchev–Trinajstić information content (AvgIpc) is 3.62. The molecule has 0 saturated carbocycles. The number of anilines is 1. The number of hydrogen-bond acceptors (Lipinski definition) is 10. The molecular formula is C28H36ClN4O7PS4. The molecule has 1 amide bonds. The number of sulfonamides is 1. The van der Waals surface area contributed by atoms with E-state index in [9.17, 15) is 32.6 Å². The van der Waals surface area contributed by atoms with E-state index in [1.54, 1.807) is 29.6 Å². The number of carboxylic acid groups (broad SMARTS) is 1. The lowest BCUT2D eigenvalue weighted by Crippen LogP contribution is -2.42. The van der Waals surface area contributed by atoms with Gasteiger partial charge in [0.1, 0.15) is 17.1 Å². The maximum Gasteiger partial charge on any atom is 0.326 e. The Hall–Kier alpha value is -1.42. The quantitative estimate of drug-likeness (QED) is 0.111. The maximum absolute atomic E-state index is 13.1. The number of thioether (sulfide) groups is 2. The molecule has 0 aromatic heterocycles. The molecule has 45 heavy (non-hydrogen) atoms. The summed E-state index contributed by atoms with van der Waals surface area (Å²) in [6.07, 6.45) is 1.64. The molecule has 5 N–H and O–H groups in total. The Balaban J connectivity index is 1.08. The van der Waals surface area contributed by atoms with Crippen LogP contribution in [0.4, 0.5) is 5.69 Å². The van der Waals surface area contributed by atoms with Gasteiger partial charge in [0, 0.05) is 42.1 Å². The molecule has 3 atom stereocenters. The van der Waals surface area contributed by atoms with Crippen molar-refractivity contribution in [1.82, 2.24) is 14.3 Å². The number of benzene rings is 2. The number of unbranched alkanes of at least 4 members (excludes halogenated alkanes) is 1. The van der Waals surface area contributed by atoms with Gasteiger partial charge in [-0.3, -0.25) is 9.36 Å². The fourth-order valence-corrected chi connectivity index (χ4v) is 12.8. The lowest BCUT2D eigenvalue weighted by Gasteiger charge is -2.28. The van der Waals surface area contributed by atoms with Crippen molar-refractivity contribution in [2.75, 3.05) is 42.2 Å². The summed E-state index contributed by atoms with van der Waals surface area (Å²) in [5.74, 6) is 0.0130. The van der Waals surface area contributed by atoms with Crippen molar-refractivity contribution in [2.24, 2.45) is 0 Å². The van der Waals surface area contributed by atoms with Gasteiger partial charge in [-0.25, -0.2) is 22.7 Å². The Labute approximate surface area is 281 Å². The topological polar surface area (TPSA) is 165 Å². The molecule has 0 bridgehead atoms. The smallest absolute Gasteiger partial charge is 0.326 e. The summed E-state index contributed by atoms with van der Waals surface area (Å²) < 4.78 is 44.4. The first-order valence-electron chi connectivity index (χ1n) is 14.5. The molecular weight excluding hydrogens is 699 g/mol. The fourth-order valence-electron chi connectivity index (χ4n) is 5.55. The highest BCUT2D eigenvalue weighted by atomic mass is 35.5. The molecule has 17 heteroatoms. The number of halogens is 1. The SMILES string of the molecule is O=C(O)C1CC2(CN1C(=O)CP(=O)(O)CCCCNS(=O)(=O)c1cc3c(cc1Cl)NC(CCc1ccccc1)NS3)SCCS2. The zero-order valence-corrected chi connectivity index (χ0v) is 29.2. The van der Waals surface area contributed by atoms with Crippen LogP contribution in [0, 0.1) is 0 Å². The second kappa shape index (κ2) is 14.8. The molecule has 246 valence electrons. The van der Waals surface area contributed by atoms with Crippen molar-refractivity contribution in [3.05, 3.63) is 53.1 Å². The van der Waals surface area contributed by atoms with E-state index in [1.807, 2.05) is 18.2 Å². The first-order chi connectivity index (χ1) is 21.4.